The van der Waals surface area contributed by atoms with Crippen LogP contribution in [0.25, 0.3) is 0 Å². The van der Waals surface area contributed by atoms with Crippen LogP contribution in [0.1, 0.15) is 24.5 Å². The Kier molecular flexibility index (Phi) is 4.33. The van der Waals surface area contributed by atoms with E-state index < -0.39 is 6.10 Å². The predicted octanol–water partition coefficient (Wildman–Crippen LogP) is 1.32. The molecule has 1 saturated heterocycles. The first-order chi connectivity index (χ1) is 8.72. The number of piperidine rings is 1. The molecule has 0 spiro atoms. The van der Waals surface area contributed by atoms with Crippen LogP contribution in [-0.4, -0.2) is 37.0 Å². The number of nitrogens with zero attached hydrogens (tertiary/aromatic N) is 1. The lowest BCUT2D eigenvalue weighted by Gasteiger charge is -2.33. The molecule has 0 aromatic heterocycles. The number of ether oxygens (including phenoxy) is 1. The molecular formula is C14H20N2O2. The lowest BCUT2D eigenvalue weighted by atomic mass is 10.0. The Bertz CT molecular complexity index is 394. The first-order valence-corrected chi connectivity index (χ1v) is 6.34. The van der Waals surface area contributed by atoms with Crippen molar-refractivity contribution in [1.82, 2.24) is 4.90 Å². The van der Waals surface area contributed by atoms with Crippen molar-refractivity contribution in [3.8, 4) is 0 Å². The van der Waals surface area contributed by atoms with Gasteiger partial charge in [0.15, 0.2) is 6.10 Å². The smallest absolute Gasteiger partial charge is 0.256 e. The maximum atomic E-state index is 12.4. The SMILES string of the molecule is COC(C(=O)N1CCC[C@@H](N)C1)c1ccccc1. The third-order valence-electron chi connectivity index (χ3n) is 3.33. The van der Waals surface area contributed by atoms with Crippen LogP contribution < -0.4 is 5.73 Å². The fourth-order valence-electron chi connectivity index (χ4n) is 2.38. The van der Waals surface area contributed by atoms with Crippen molar-refractivity contribution in [3.63, 3.8) is 0 Å². The summed E-state index contributed by atoms with van der Waals surface area (Å²) in [7, 11) is 1.57. The molecule has 2 atom stereocenters. The zero-order valence-electron chi connectivity index (χ0n) is 10.7. The lowest BCUT2D eigenvalue weighted by Crippen LogP contribution is -2.47. The van der Waals surface area contributed by atoms with Crippen molar-refractivity contribution in [2.75, 3.05) is 20.2 Å². The number of likely N-dealkylation sites (tertiary alicyclic amines) is 1. The summed E-state index contributed by atoms with van der Waals surface area (Å²) in [6.45, 7) is 1.41. The Balaban J connectivity index is 2.10. The molecule has 4 nitrogen and oxygen atoms in total. The van der Waals surface area contributed by atoms with Gasteiger partial charge in [0.05, 0.1) is 0 Å². The largest absolute Gasteiger partial charge is 0.367 e. The highest BCUT2D eigenvalue weighted by Gasteiger charge is 2.28. The molecule has 1 amide bonds. The van der Waals surface area contributed by atoms with Crippen molar-refractivity contribution < 1.29 is 9.53 Å². The number of rotatable bonds is 3. The molecule has 1 aliphatic heterocycles. The van der Waals surface area contributed by atoms with Crippen LogP contribution >= 0.6 is 0 Å². The summed E-state index contributed by atoms with van der Waals surface area (Å²) in [5, 5.41) is 0. The first kappa shape index (κ1) is 13.1. The van der Waals surface area contributed by atoms with Crippen molar-refractivity contribution in [1.29, 1.82) is 0 Å². The number of carbonyl (C=O) groups is 1. The predicted molar refractivity (Wildman–Crippen MR) is 70.0 cm³/mol. The average Bonchev–Trinajstić information content (AvgIpc) is 2.41. The van der Waals surface area contributed by atoms with Crippen LogP contribution in [0.3, 0.4) is 0 Å². The van der Waals surface area contributed by atoms with Gasteiger partial charge in [-0.1, -0.05) is 30.3 Å². The third-order valence-corrected chi connectivity index (χ3v) is 3.33. The molecule has 1 aliphatic rings. The van der Waals surface area contributed by atoms with Crippen LogP contribution in [0.15, 0.2) is 30.3 Å². The highest BCUT2D eigenvalue weighted by Crippen LogP contribution is 2.21. The van der Waals surface area contributed by atoms with Gasteiger partial charge >= 0.3 is 0 Å². The summed E-state index contributed by atoms with van der Waals surface area (Å²) < 4.78 is 5.35. The number of nitrogens with two attached hydrogens (primary N) is 1. The monoisotopic (exact) mass is 248 g/mol. The summed E-state index contributed by atoms with van der Waals surface area (Å²) in [6.07, 6.45) is 1.45. The molecule has 1 unspecified atom stereocenters. The molecule has 0 radical (unpaired) electrons. The number of methoxy groups -OCH3 is 1. The van der Waals surface area contributed by atoms with E-state index in [0.29, 0.717) is 6.54 Å². The molecular weight excluding hydrogens is 228 g/mol. The van der Waals surface area contributed by atoms with E-state index in [9.17, 15) is 4.79 Å². The molecule has 2 rings (SSSR count). The Morgan fingerprint density at radius 2 is 2.17 bits per heavy atom. The molecule has 4 heteroatoms. The van der Waals surface area contributed by atoms with E-state index in [1.54, 1.807) is 7.11 Å². The minimum Gasteiger partial charge on any atom is -0.367 e. The van der Waals surface area contributed by atoms with Crippen LogP contribution in [0, 0.1) is 0 Å². The molecule has 1 heterocycles. The number of carbonyl (C=O) groups excluding carboxylic acids is 1. The van der Waals surface area contributed by atoms with Crippen LogP contribution in [0.2, 0.25) is 0 Å². The molecule has 0 bridgehead atoms. The lowest BCUT2D eigenvalue weighted by molar-refractivity contribution is -0.143. The first-order valence-electron chi connectivity index (χ1n) is 6.34. The van der Waals surface area contributed by atoms with Gasteiger partial charge in [0, 0.05) is 26.2 Å². The molecule has 1 aromatic carbocycles. The summed E-state index contributed by atoms with van der Waals surface area (Å²) in [5.41, 5.74) is 6.80. The minimum absolute atomic E-state index is 0.0128. The second-order valence-corrected chi connectivity index (χ2v) is 4.71. The standard InChI is InChI=1S/C14H20N2O2/c1-18-13(11-6-3-2-4-7-11)14(17)16-9-5-8-12(15)10-16/h2-4,6-7,12-13H,5,8-10,15H2,1H3/t12-,13?/m1/s1. The minimum atomic E-state index is -0.517. The maximum Gasteiger partial charge on any atom is 0.256 e. The Morgan fingerprint density at radius 3 is 2.78 bits per heavy atom. The normalized spacial score (nSPS) is 21.7. The second kappa shape index (κ2) is 5.98. The van der Waals surface area contributed by atoms with E-state index in [2.05, 4.69) is 0 Å². The molecule has 1 fully saturated rings. The number of hydrogen-bond acceptors (Lipinski definition) is 3. The van der Waals surface area contributed by atoms with Crippen LogP contribution in [-0.2, 0) is 9.53 Å². The van der Waals surface area contributed by atoms with E-state index in [-0.39, 0.29) is 11.9 Å². The van der Waals surface area contributed by atoms with E-state index >= 15 is 0 Å². The van der Waals surface area contributed by atoms with Crippen LogP contribution in [0.4, 0.5) is 0 Å². The van der Waals surface area contributed by atoms with Crippen molar-refractivity contribution in [3.05, 3.63) is 35.9 Å². The van der Waals surface area contributed by atoms with E-state index in [4.69, 9.17) is 10.5 Å². The maximum absolute atomic E-state index is 12.4. The van der Waals surface area contributed by atoms with E-state index in [1.165, 1.54) is 0 Å². The number of hydrogen-bond donors (Lipinski definition) is 1. The Labute approximate surface area is 108 Å². The fraction of sp³-hybridized carbons (Fsp3) is 0.500. The molecule has 1 aromatic rings. The average molecular weight is 248 g/mol. The zero-order chi connectivity index (χ0) is 13.0. The Morgan fingerprint density at radius 1 is 1.44 bits per heavy atom. The molecule has 18 heavy (non-hydrogen) atoms. The molecule has 0 aliphatic carbocycles. The van der Waals surface area contributed by atoms with Crippen molar-refractivity contribution in [2.45, 2.75) is 25.0 Å². The van der Waals surface area contributed by atoms with Gasteiger partial charge in [-0.3, -0.25) is 4.79 Å². The molecule has 2 N–H and O–H groups in total. The third kappa shape index (κ3) is 2.89. The van der Waals surface area contributed by atoms with Gasteiger partial charge in [0.1, 0.15) is 0 Å². The van der Waals surface area contributed by atoms with Gasteiger partial charge < -0.3 is 15.4 Å². The van der Waals surface area contributed by atoms with Crippen LogP contribution in [0.5, 0.6) is 0 Å². The molecule has 98 valence electrons. The number of benzene rings is 1. The van der Waals surface area contributed by atoms with Gasteiger partial charge in [-0.05, 0) is 18.4 Å². The summed E-state index contributed by atoms with van der Waals surface area (Å²) in [4.78, 5) is 14.2. The van der Waals surface area contributed by atoms with Gasteiger partial charge in [-0.2, -0.15) is 0 Å². The van der Waals surface area contributed by atoms with Gasteiger partial charge in [0.2, 0.25) is 0 Å². The fourth-order valence-corrected chi connectivity index (χ4v) is 2.38. The molecule has 0 saturated carbocycles. The topological polar surface area (TPSA) is 55.6 Å². The van der Waals surface area contributed by atoms with Crippen molar-refractivity contribution >= 4 is 5.91 Å². The van der Waals surface area contributed by atoms with Gasteiger partial charge in [-0.15, -0.1) is 0 Å². The van der Waals surface area contributed by atoms with E-state index in [0.717, 1.165) is 24.9 Å². The Hall–Kier alpha value is -1.39. The quantitative estimate of drug-likeness (QED) is 0.878. The van der Waals surface area contributed by atoms with Gasteiger partial charge in [0.25, 0.3) is 5.91 Å². The summed E-state index contributed by atoms with van der Waals surface area (Å²) in [6, 6.07) is 9.67. The van der Waals surface area contributed by atoms with E-state index in [1.807, 2.05) is 35.2 Å². The summed E-state index contributed by atoms with van der Waals surface area (Å²) in [5.74, 6) is 0.0128. The summed E-state index contributed by atoms with van der Waals surface area (Å²) >= 11 is 0. The van der Waals surface area contributed by atoms with Crippen molar-refractivity contribution in [2.24, 2.45) is 5.73 Å². The van der Waals surface area contributed by atoms with Gasteiger partial charge in [-0.25, -0.2) is 0 Å². The highest BCUT2D eigenvalue weighted by molar-refractivity contribution is 5.82. The zero-order valence-corrected chi connectivity index (χ0v) is 10.7. The second-order valence-electron chi connectivity index (χ2n) is 4.71. The number of amides is 1. The highest BCUT2D eigenvalue weighted by atomic mass is 16.5.